The van der Waals surface area contributed by atoms with E-state index in [1.165, 1.54) is 13.3 Å². The maximum atomic E-state index is 12.4. The molecule has 9 heteroatoms. The van der Waals surface area contributed by atoms with E-state index in [1.807, 2.05) is 39.0 Å². The van der Waals surface area contributed by atoms with Crippen molar-refractivity contribution in [3.63, 3.8) is 0 Å². The zero-order chi connectivity index (χ0) is 26.1. The summed E-state index contributed by atoms with van der Waals surface area (Å²) >= 11 is 6.43. The quantitative estimate of drug-likeness (QED) is 0.291. The third-order valence-corrected chi connectivity index (χ3v) is 5.33. The highest BCUT2D eigenvalue weighted by molar-refractivity contribution is 6.32. The lowest BCUT2D eigenvalue weighted by Gasteiger charge is -2.15. The summed E-state index contributed by atoms with van der Waals surface area (Å²) in [6.07, 6.45) is 1.43. The van der Waals surface area contributed by atoms with Gasteiger partial charge in [-0.15, -0.1) is 0 Å². The molecule has 188 valence electrons. The van der Waals surface area contributed by atoms with Crippen LogP contribution in [0.1, 0.15) is 34.0 Å². The molecular formula is C27H28ClN3O5. The number of benzene rings is 3. The smallest absolute Gasteiger partial charge is 0.271 e. The van der Waals surface area contributed by atoms with Crippen LogP contribution in [0.2, 0.25) is 5.02 Å². The van der Waals surface area contributed by atoms with Gasteiger partial charge in [0.15, 0.2) is 18.1 Å². The number of amides is 2. The van der Waals surface area contributed by atoms with Crippen molar-refractivity contribution in [3.8, 4) is 17.2 Å². The molecule has 0 saturated heterocycles. The molecule has 2 amide bonds. The topological polar surface area (TPSA) is 98.2 Å². The molecular weight excluding hydrogens is 482 g/mol. The number of methoxy groups -OCH3 is 1. The second kappa shape index (κ2) is 12.6. The summed E-state index contributed by atoms with van der Waals surface area (Å²) in [5.41, 5.74) is 6.22. The number of carbonyl (C=O) groups is 2. The van der Waals surface area contributed by atoms with E-state index in [0.717, 1.165) is 11.1 Å². The van der Waals surface area contributed by atoms with Crippen molar-refractivity contribution in [1.29, 1.82) is 0 Å². The van der Waals surface area contributed by atoms with Gasteiger partial charge in [-0.3, -0.25) is 9.59 Å². The van der Waals surface area contributed by atoms with Gasteiger partial charge in [-0.1, -0.05) is 35.4 Å². The minimum Gasteiger partial charge on any atom is -0.497 e. The molecule has 8 nitrogen and oxygen atoms in total. The Kier molecular flexibility index (Phi) is 9.30. The lowest BCUT2D eigenvalue weighted by Crippen LogP contribution is -2.21. The second-order valence-electron chi connectivity index (χ2n) is 7.85. The van der Waals surface area contributed by atoms with Gasteiger partial charge < -0.3 is 19.5 Å². The Morgan fingerprint density at radius 2 is 1.86 bits per heavy atom. The first-order chi connectivity index (χ1) is 17.3. The number of nitrogens with one attached hydrogen (secondary N) is 2. The Balaban J connectivity index is 1.67. The van der Waals surface area contributed by atoms with Crippen LogP contribution in [0.5, 0.6) is 17.2 Å². The summed E-state index contributed by atoms with van der Waals surface area (Å²) in [5.74, 6) is 0.442. The van der Waals surface area contributed by atoms with Gasteiger partial charge in [-0.05, 0) is 68.3 Å². The zero-order valence-electron chi connectivity index (χ0n) is 20.6. The Morgan fingerprint density at radius 1 is 1.06 bits per heavy atom. The maximum absolute atomic E-state index is 12.4. The van der Waals surface area contributed by atoms with Crippen molar-refractivity contribution in [2.75, 3.05) is 25.6 Å². The van der Waals surface area contributed by atoms with Crippen LogP contribution < -0.4 is 25.0 Å². The van der Waals surface area contributed by atoms with Crippen LogP contribution in [-0.2, 0) is 4.79 Å². The summed E-state index contributed by atoms with van der Waals surface area (Å²) in [6, 6.07) is 15.7. The van der Waals surface area contributed by atoms with Crippen LogP contribution in [0.15, 0.2) is 59.7 Å². The summed E-state index contributed by atoms with van der Waals surface area (Å²) in [4.78, 5) is 24.8. The molecule has 0 aliphatic carbocycles. The summed E-state index contributed by atoms with van der Waals surface area (Å²) in [5, 5.41) is 7.07. The number of halogens is 1. The van der Waals surface area contributed by atoms with Gasteiger partial charge >= 0.3 is 0 Å². The van der Waals surface area contributed by atoms with E-state index in [2.05, 4.69) is 15.8 Å². The van der Waals surface area contributed by atoms with E-state index >= 15 is 0 Å². The van der Waals surface area contributed by atoms with Crippen LogP contribution in [0, 0.1) is 13.8 Å². The molecule has 0 aromatic heterocycles. The number of ether oxygens (including phenoxy) is 3. The van der Waals surface area contributed by atoms with Crippen molar-refractivity contribution < 1.29 is 23.8 Å². The molecule has 0 bridgehead atoms. The number of hydrazone groups is 1. The fourth-order valence-electron chi connectivity index (χ4n) is 3.34. The molecule has 0 aliphatic rings. The molecule has 0 saturated carbocycles. The number of carbonyl (C=O) groups excluding carboxylic acids is 2. The van der Waals surface area contributed by atoms with Gasteiger partial charge in [0.05, 0.1) is 25.0 Å². The minimum absolute atomic E-state index is 0.237. The Hall–Kier alpha value is -4.04. The molecule has 0 heterocycles. The van der Waals surface area contributed by atoms with Crippen molar-refractivity contribution in [1.82, 2.24) is 5.43 Å². The first kappa shape index (κ1) is 26.6. The van der Waals surface area contributed by atoms with Crippen LogP contribution in [0.4, 0.5) is 5.69 Å². The number of hydrogen-bond donors (Lipinski definition) is 2. The lowest BCUT2D eigenvalue weighted by molar-refractivity contribution is -0.118. The summed E-state index contributed by atoms with van der Waals surface area (Å²) < 4.78 is 16.5. The van der Waals surface area contributed by atoms with E-state index in [0.29, 0.717) is 34.9 Å². The third kappa shape index (κ3) is 7.23. The van der Waals surface area contributed by atoms with Crippen LogP contribution in [0.25, 0.3) is 0 Å². The predicted octanol–water partition coefficient (Wildman–Crippen LogP) is 5.15. The van der Waals surface area contributed by atoms with Crippen molar-refractivity contribution >= 4 is 35.3 Å². The summed E-state index contributed by atoms with van der Waals surface area (Å²) in [7, 11) is 1.53. The highest BCUT2D eigenvalue weighted by atomic mass is 35.5. The summed E-state index contributed by atoms with van der Waals surface area (Å²) in [6.45, 7) is 5.83. The van der Waals surface area contributed by atoms with Gasteiger partial charge in [-0.25, -0.2) is 5.43 Å². The molecule has 0 unspecified atom stereocenters. The van der Waals surface area contributed by atoms with Crippen LogP contribution in [0.3, 0.4) is 0 Å². The first-order valence-corrected chi connectivity index (χ1v) is 11.6. The van der Waals surface area contributed by atoms with Gasteiger partial charge in [0.2, 0.25) is 0 Å². The molecule has 2 N–H and O–H groups in total. The molecule has 3 aromatic carbocycles. The van der Waals surface area contributed by atoms with Gasteiger partial charge in [0.25, 0.3) is 11.8 Å². The van der Waals surface area contributed by atoms with Crippen molar-refractivity contribution in [2.24, 2.45) is 5.10 Å². The van der Waals surface area contributed by atoms with E-state index in [4.69, 9.17) is 25.8 Å². The number of nitrogens with zero attached hydrogens (tertiary/aromatic N) is 1. The Morgan fingerprint density at radius 3 is 2.58 bits per heavy atom. The monoisotopic (exact) mass is 509 g/mol. The Labute approximate surface area is 215 Å². The van der Waals surface area contributed by atoms with E-state index in [9.17, 15) is 9.59 Å². The highest BCUT2D eigenvalue weighted by Gasteiger charge is 2.15. The average molecular weight is 510 g/mol. The van der Waals surface area contributed by atoms with Crippen molar-refractivity contribution in [3.05, 3.63) is 81.9 Å². The van der Waals surface area contributed by atoms with Crippen LogP contribution >= 0.6 is 11.6 Å². The van der Waals surface area contributed by atoms with E-state index in [-0.39, 0.29) is 23.3 Å². The second-order valence-corrected chi connectivity index (χ2v) is 8.26. The molecule has 0 atom stereocenters. The lowest BCUT2D eigenvalue weighted by atomic mass is 10.1. The van der Waals surface area contributed by atoms with Crippen LogP contribution in [-0.4, -0.2) is 38.4 Å². The average Bonchev–Trinajstić information content (AvgIpc) is 2.85. The van der Waals surface area contributed by atoms with Gasteiger partial charge in [0, 0.05) is 11.3 Å². The number of aryl methyl sites for hydroxylation is 2. The molecule has 0 radical (unpaired) electrons. The number of anilines is 1. The zero-order valence-corrected chi connectivity index (χ0v) is 21.3. The van der Waals surface area contributed by atoms with Gasteiger partial charge in [-0.2, -0.15) is 5.10 Å². The molecule has 3 rings (SSSR count). The highest BCUT2D eigenvalue weighted by Crippen LogP contribution is 2.36. The molecule has 36 heavy (non-hydrogen) atoms. The largest absolute Gasteiger partial charge is 0.497 e. The third-order valence-electron chi connectivity index (χ3n) is 5.05. The number of hydrogen-bond acceptors (Lipinski definition) is 6. The molecule has 0 aliphatic heterocycles. The Bertz CT molecular complexity index is 1280. The fraction of sp³-hybridized carbons (Fsp3) is 0.222. The molecule has 0 spiro atoms. The van der Waals surface area contributed by atoms with E-state index < -0.39 is 5.91 Å². The minimum atomic E-state index is -0.393. The van der Waals surface area contributed by atoms with Crippen molar-refractivity contribution in [2.45, 2.75) is 20.8 Å². The molecule has 0 fully saturated rings. The first-order valence-electron chi connectivity index (χ1n) is 11.2. The maximum Gasteiger partial charge on any atom is 0.271 e. The predicted molar refractivity (Wildman–Crippen MR) is 141 cm³/mol. The number of rotatable bonds is 10. The standard InChI is InChI=1S/C27H28ClN3O5/c1-5-35-24-13-19(15-29-31-27(33)20-7-6-8-21(14-20)34-4)12-22(28)26(24)36-16-25(32)30-23-10-9-17(2)11-18(23)3/h6-15H,5,16H2,1-4H3,(H,30,32)(H,31,33)/b29-15+. The van der Waals surface area contributed by atoms with Gasteiger partial charge in [0.1, 0.15) is 5.75 Å². The van der Waals surface area contributed by atoms with E-state index in [1.54, 1.807) is 36.4 Å². The molecule has 3 aromatic rings. The SMILES string of the molecule is CCOc1cc(/C=N/NC(=O)c2cccc(OC)c2)cc(Cl)c1OCC(=O)Nc1ccc(C)cc1C. The fourth-order valence-corrected chi connectivity index (χ4v) is 3.61. The normalized spacial score (nSPS) is 10.7.